The summed E-state index contributed by atoms with van der Waals surface area (Å²) in [5.74, 6) is 0.563. The van der Waals surface area contributed by atoms with Crippen LogP contribution in [0.25, 0.3) is 5.70 Å². The number of likely N-dealkylation sites (tertiary alicyclic amines) is 1. The molecule has 5 nitrogen and oxygen atoms in total. The first-order valence-electron chi connectivity index (χ1n) is 11.4. The van der Waals surface area contributed by atoms with E-state index >= 15 is 0 Å². The second-order valence-electron chi connectivity index (χ2n) is 9.76. The molecule has 0 aromatic heterocycles. The standard InChI is InChI=1S/C25H37ClN4O/c1-25(2,3)20-12-14-30(16-20)24(31)29-23-8-6-5-7-18-15-19(9-10-21(18)23)22(28-17-26)11-13-27-4/h9-11,13,15,20,23,28H,5-8,12,14,16-17H2,1-4H3,(H,29,31). The van der Waals surface area contributed by atoms with E-state index in [2.05, 4.69) is 54.6 Å². The summed E-state index contributed by atoms with van der Waals surface area (Å²) in [4.78, 5) is 19.1. The maximum Gasteiger partial charge on any atom is 0.317 e. The summed E-state index contributed by atoms with van der Waals surface area (Å²) < 4.78 is 0. The van der Waals surface area contributed by atoms with Gasteiger partial charge in [0.15, 0.2) is 0 Å². The normalized spacial score (nSPS) is 22.4. The molecule has 6 heteroatoms. The first kappa shape index (κ1) is 23.6. The molecule has 1 aliphatic heterocycles. The van der Waals surface area contributed by atoms with Gasteiger partial charge in [0.25, 0.3) is 0 Å². The number of rotatable bonds is 5. The Balaban J connectivity index is 1.77. The number of benzene rings is 1. The molecule has 2 amide bonds. The molecular formula is C25H37ClN4O. The van der Waals surface area contributed by atoms with Crippen LogP contribution < -0.4 is 10.6 Å². The first-order valence-corrected chi connectivity index (χ1v) is 12.0. The molecule has 2 unspecified atom stereocenters. The summed E-state index contributed by atoms with van der Waals surface area (Å²) in [6.45, 7) is 8.51. The summed E-state index contributed by atoms with van der Waals surface area (Å²) in [5, 5.41) is 6.56. The number of halogens is 1. The number of allylic oxidation sites excluding steroid dienone is 1. The zero-order valence-corrected chi connectivity index (χ0v) is 20.1. The number of hydrogen-bond acceptors (Lipinski definition) is 3. The monoisotopic (exact) mass is 444 g/mol. The second kappa shape index (κ2) is 10.5. The van der Waals surface area contributed by atoms with Gasteiger partial charge < -0.3 is 15.5 Å². The molecule has 3 rings (SSSR count). The van der Waals surface area contributed by atoms with Gasteiger partial charge in [-0.05, 0) is 65.8 Å². The number of hydrogen-bond donors (Lipinski definition) is 2. The van der Waals surface area contributed by atoms with E-state index in [0.29, 0.717) is 11.9 Å². The minimum absolute atomic E-state index is 0.0679. The summed E-state index contributed by atoms with van der Waals surface area (Å²) in [5.41, 5.74) is 4.85. The number of aryl methyl sites for hydroxylation is 1. The molecule has 2 aliphatic rings. The van der Waals surface area contributed by atoms with Crippen LogP contribution in [0.2, 0.25) is 0 Å². The Labute approximate surface area is 192 Å². The molecule has 2 atom stereocenters. The molecule has 0 radical (unpaired) electrons. The summed E-state index contributed by atoms with van der Waals surface area (Å²) in [6, 6.07) is 7.01. The van der Waals surface area contributed by atoms with Gasteiger partial charge in [-0.25, -0.2) is 4.79 Å². The third kappa shape index (κ3) is 6.03. The van der Waals surface area contributed by atoms with Crippen LogP contribution in [0.5, 0.6) is 0 Å². The number of carbonyl (C=O) groups is 1. The smallest absolute Gasteiger partial charge is 0.317 e. The third-order valence-electron chi connectivity index (χ3n) is 6.66. The van der Waals surface area contributed by atoms with Gasteiger partial charge in [0, 0.05) is 32.0 Å². The predicted molar refractivity (Wildman–Crippen MR) is 131 cm³/mol. The number of amides is 2. The summed E-state index contributed by atoms with van der Waals surface area (Å²) >= 11 is 5.93. The zero-order valence-electron chi connectivity index (χ0n) is 19.4. The minimum atomic E-state index is 0.0679. The number of carbonyl (C=O) groups excluding carboxylic acids is 1. The molecule has 1 aromatic rings. The predicted octanol–water partition coefficient (Wildman–Crippen LogP) is 5.36. The number of nitrogens with zero attached hydrogens (tertiary/aromatic N) is 2. The van der Waals surface area contributed by atoms with Crippen LogP contribution in [0, 0.1) is 11.3 Å². The van der Waals surface area contributed by atoms with Crippen molar-refractivity contribution in [3.05, 3.63) is 41.0 Å². The van der Waals surface area contributed by atoms with Crippen molar-refractivity contribution < 1.29 is 4.79 Å². The van der Waals surface area contributed by atoms with Crippen LogP contribution in [-0.2, 0) is 6.42 Å². The van der Waals surface area contributed by atoms with Crippen LogP contribution in [0.15, 0.2) is 29.3 Å². The van der Waals surface area contributed by atoms with Crippen molar-refractivity contribution in [2.45, 2.75) is 58.9 Å². The fraction of sp³-hybridized carbons (Fsp3) is 0.600. The Bertz CT molecular complexity index is 827. The van der Waals surface area contributed by atoms with Gasteiger partial charge in [-0.15, -0.1) is 11.6 Å². The van der Waals surface area contributed by atoms with Gasteiger partial charge in [-0.3, -0.25) is 4.99 Å². The fourth-order valence-corrected chi connectivity index (χ4v) is 4.81. The molecule has 1 aromatic carbocycles. The highest BCUT2D eigenvalue weighted by Gasteiger charge is 2.34. The van der Waals surface area contributed by atoms with E-state index in [1.807, 2.05) is 11.0 Å². The minimum Gasteiger partial charge on any atom is -0.371 e. The van der Waals surface area contributed by atoms with Gasteiger partial charge in [-0.2, -0.15) is 0 Å². The Hall–Kier alpha value is -2.01. The molecule has 1 heterocycles. The zero-order chi connectivity index (χ0) is 22.4. The first-order chi connectivity index (χ1) is 14.8. The van der Waals surface area contributed by atoms with Crippen molar-refractivity contribution in [2.24, 2.45) is 16.3 Å². The fourth-order valence-electron chi connectivity index (χ4n) is 4.67. The second-order valence-corrected chi connectivity index (χ2v) is 10.0. The van der Waals surface area contributed by atoms with Gasteiger partial charge in [0.1, 0.15) is 0 Å². The number of nitrogens with one attached hydrogen (secondary N) is 2. The van der Waals surface area contributed by atoms with E-state index in [1.54, 1.807) is 13.3 Å². The Morgan fingerprint density at radius 3 is 2.77 bits per heavy atom. The molecular weight excluding hydrogens is 408 g/mol. The molecule has 0 spiro atoms. The molecule has 1 fully saturated rings. The van der Waals surface area contributed by atoms with Crippen molar-refractivity contribution in [3.63, 3.8) is 0 Å². The highest BCUT2D eigenvalue weighted by atomic mass is 35.5. The van der Waals surface area contributed by atoms with Crippen LogP contribution in [0.3, 0.4) is 0 Å². The van der Waals surface area contributed by atoms with E-state index in [-0.39, 0.29) is 17.5 Å². The van der Waals surface area contributed by atoms with Crippen LogP contribution >= 0.6 is 11.6 Å². The SMILES string of the molecule is CN=CC=C(NCCl)c1ccc2c(c1)CCCCC2NC(=O)N1CCC(C(C)(C)C)C1. The molecule has 2 N–H and O–H groups in total. The lowest BCUT2D eigenvalue weighted by Gasteiger charge is -2.28. The average molecular weight is 445 g/mol. The maximum absolute atomic E-state index is 13.1. The van der Waals surface area contributed by atoms with E-state index in [4.69, 9.17) is 11.6 Å². The highest BCUT2D eigenvalue weighted by molar-refractivity contribution is 6.18. The number of alkyl halides is 1. The lowest BCUT2D eigenvalue weighted by atomic mass is 9.80. The van der Waals surface area contributed by atoms with Gasteiger partial charge in [0.2, 0.25) is 0 Å². The summed E-state index contributed by atoms with van der Waals surface area (Å²) in [6.07, 6.45) is 9.07. The van der Waals surface area contributed by atoms with E-state index in [9.17, 15) is 4.79 Å². The Morgan fingerprint density at radius 2 is 2.10 bits per heavy atom. The van der Waals surface area contributed by atoms with E-state index in [0.717, 1.165) is 56.5 Å². The van der Waals surface area contributed by atoms with Crippen molar-refractivity contribution in [1.29, 1.82) is 0 Å². The van der Waals surface area contributed by atoms with Crippen LogP contribution in [0.4, 0.5) is 4.79 Å². The van der Waals surface area contributed by atoms with Crippen molar-refractivity contribution in [3.8, 4) is 0 Å². The maximum atomic E-state index is 13.1. The molecule has 31 heavy (non-hydrogen) atoms. The Morgan fingerprint density at radius 1 is 1.29 bits per heavy atom. The third-order valence-corrected chi connectivity index (χ3v) is 6.80. The molecule has 170 valence electrons. The van der Waals surface area contributed by atoms with E-state index < -0.39 is 0 Å². The topological polar surface area (TPSA) is 56.7 Å². The van der Waals surface area contributed by atoms with Crippen LogP contribution in [-0.4, -0.2) is 43.3 Å². The molecule has 0 saturated carbocycles. The molecule has 1 aliphatic carbocycles. The van der Waals surface area contributed by atoms with Crippen molar-refractivity contribution >= 4 is 29.5 Å². The quantitative estimate of drug-likeness (QED) is 0.278. The number of urea groups is 1. The number of aliphatic imine (C=N–C) groups is 1. The van der Waals surface area contributed by atoms with E-state index in [1.165, 1.54) is 11.1 Å². The lowest BCUT2D eigenvalue weighted by Crippen LogP contribution is -2.41. The Kier molecular flexibility index (Phi) is 8.04. The highest BCUT2D eigenvalue weighted by Crippen LogP contribution is 2.35. The van der Waals surface area contributed by atoms with Crippen molar-refractivity contribution in [1.82, 2.24) is 15.5 Å². The van der Waals surface area contributed by atoms with Crippen LogP contribution in [0.1, 0.15) is 69.2 Å². The van der Waals surface area contributed by atoms with Gasteiger partial charge >= 0.3 is 6.03 Å². The average Bonchev–Trinajstić information content (AvgIpc) is 3.16. The largest absolute Gasteiger partial charge is 0.371 e. The van der Waals surface area contributed by atoms with Gasteiger partial charge in [0.05, 0.1) is 12.0 Å². The lowest BCUT2D eigenvalue weighted by molar-refractivity contribution is 0.192. The molecule has 1 saturated heterocycles. The molecule has 0 bridgehead atoms. The van der Waals surface area contributed by atoms with Gasteiger partial charge in [-0.1, -0.05) is 39.3 Å². The van der Waals surface area contributed by atoms with Crippen molar-refractivity contribution in [2.75, 3.05) is 26.1 Å². The summed E-state index contributed by atoms with van der Waals surface area (Å²) in [7, 11) is 1.75. The number of fused-ring (bicyclic) bond motifs is 1.